The first-order chi connectivity index (χ1) is 13.3. The van der Waals surface area contributed by atoms with Crippen molar-refractivity contribution in [2.24, 2.45) is 0 Å². The maximum atomic E-state index is 12.5. The van der Waals surface area contributed by atoms with Gasteiger partial charge >= 0.3 is 0 Å². The second-order valence-electron chi connectivity index (χ2n) is 6.28. The Balaban J connectivity index is 1.53. The highest BCUT2D eigenvalue weighted by Crippen LogP contribution is 2.35. The van der Waals surface area contributed by atoms with E-state index in [1.165, 1.54) is 4.90 Å². The van der Waals surface area contributed by atoms with Crippen LogP contribution < -0.4 is 4.74 Å². The minimum Gasteiger partial charge on any atom is -0.504 e. The number of phenolic OH excluding ortho intramolecular Hbond substituents is 3. The van der Waals surface area contributed by atoms with E-state index >= 15 is 0 Å². The minimum atomic E-state index is -0.673. The number of rotatable bonds is 4. The average Bonchev–Trinajstić information content (AvgIpc) is 2.70. The molecule has 1 saturated heterocycles. The molecule has 0 aliphatic carbocycles. The van der Waals surface area contributed by atoms with Crippen LogP contribution in [0.25, 0.3) is 0 Å². The van der Waals surface area contributed by atoms with Crippen LogP contribution >= 0.6 is 11.6 Å². The molecule has 0 spiro atoms. The fourth-order valence-electron chi connectivity index (χ4n) is 2.84. The lowest BCUT2D eigenvalue weighted by atomic mass is 10.1. The van der Waals surface area contributed by atoms with E-state index in [-0.39, 0.29) is 18.1 Å². The van der Waals surface area contributed by atoms with E-state index in [1.54, 1.807) is 29.2 Å². The predicted octanol–water partition coefficient (Wildman–Crippen LogP) is 1.82. The predicted molar refractivity (Wildman–Crippen MR) is 101 cm³/mol. The van der Waals surface area contributed by atoms with Crippen LogP contribution in [-0.2, 0) is 4.79 Å². The van der Waals surface area contributed by atoms with E-state index in [0.717, 1.165) is 12.1 Å². The maximum absolute atomic E-state index is 12.5. The van der Waals surface area contributed by atoms with Gasteiger partial charge in [-0.15, -0.1) is 0 Å². The highest BCUT2D eigenvalue weighted by Gasteiger charge is 2.26. The molecule has 0 radical (unpaired) electrons. The molecule has 8 nitrogen and oxygen atoms in total. The Morgan fingerprint density at radius 1 is 0.929 bits per heavy atom. The summed E-state index contributed by atoms with van der Waals surface area (Å²) in [5, 5.41) is 29.1. The second-order valence-corrected chi connectivity index (χ2v) is 6.72. The van der Waals surface area contributed by atoms with Crippen molar-refractivity contribution >= 4 is 23.4 Å². The Labute approximate surface area is 166 Å². The van der Waals surface area contributed by atoms with E-state index in [0.29, 0.717) is 37.0 Å². The highest BCUT2D eigenvalue weighted by atomic mass is 35.5. The van der Waals surface area contributed by atoms with Gasteiger partial charge in [0.1, 0.15) is 5.75 Å². The summed E-state index contributed by atoms with van der Waals surface area (Å²) in [6, 6.07) is 8.88. The van der Waals surface area contributed by atoms with Crippen LogP contribution in [0.5, 0.6) is 23.0 Å². The summed E-state index contributed by atoms with van der Waals surface area (Å²) in [6.07, 6.45) is 0. The molecule has 2 aromatic rings. The quantitative estimate of drug-likeness (QED) is 0.668. The number of carbonyl (C=O) groups excluding carboxylic acids is 2. The summed E-state index contributed by atoms with van der Waals surface area (Å²) in [4.78, 5) is 27.9. The Kier molecular flexibility index (Phi) is 5.79. The summed E-state index contributed by atoms with van der Waals surface area (Å²) >= 11 is 5.80. The van der Waals surface area contributed by atoms with Crippen LogP contribution in [0.3, 0.4) is 0 Å². The van der Waals surface area contributed by atoms with Crippen LogP contribution in [-0.4, -0.2) is 69.7 Å². The van der Waals surface area contributed by atoms with Gasteiger partial charge in [0, 0.05) is 36.8 Å². The third-order valence-corrected chi connectivity index (χ3v) is 4.66. The number of hydrogen-bond acceptors (Lipinski definition) is 6. The van der Waals surface area contributed by atoms with Gasteiger partial charge in [-0.25, -0.2) is 0 Å². The number of carbonyl (C=O) groups is 2. The first kappa shape index (κ1) is 19.6. The Morgan fingerprint density at radius 3 is 2.04 bits per heavy atom. The molecular weight excluding hydrogens is 388 g/mol. The number of benzene rings is 2. The fraction of sp³-hybridized carbons (Fsp3) is 0.263. The van der Waals surface area contributed by atoms with Gasteiger partial charge < -0.3 is 29.9 Å². The molecule has 0 bridgehead atoms. The number of nitrogens with zero attached hydrogens (tertiary/aromatic N) is 2. The van der Waals surface area contributed by atoms with Crippen molar-refractivity contribution in [3.63, 3.8) is 0 Å². The second kappa shape index (κ2) is 8.26. The largest absolute Gasteiger partial charge is 0.504 e. The first-order valence-electron chi connectivity index (χ1n) is 8.55. The van der Waals surface area contributed by atoms with E-state index in [9.17, 15) is 24.9 Å². The fourth-order valence-corrected chi connectivity index (χ4v) is 2.96. The van der Waals surface area contributed by atoms with Gasteiger partial charge in [-0.1, -0.05) is 11.6 Å². The van der Waals surface area contributed by atoms with Crippen molar-refractivity contribution in [2.45, 2.75) is 0 Å². The third-order valence-electron chi connectivity index (χ3n) is 4.41. The maximum Gasteiger partial charge on any atom is 0.260 e. The van der Waals surface area contributed by atoms with Crippen molar-refractivity contribution in [2.75, 3.05) is 32.8 Å². The van der Waals surface area contributed by atoms with E-state index in [4.69, 9.17) is 16.3 Å². The number of halogens is 1. The zero-order valence-corrected chi connectivity index (χ0v) is 15.6. The number of ether oxygens (including phenoxy) is 1. The van der Waals surface area contributed by atoms with Crippen LogP contribution in [0, 0.1) is 0 Å². The molecule has 0 aromatic heterocycles. The summed E-state index contributed by atoms with van der Waals surface area (Å²) in [5.41, 5.74) is 0.0543. The molecule has 0 saturated carbocycles. The number of aromatic hydroxyl groups is 3. The molecule has 3 rings (SSSR count). The van der Waals surface area contributed by atoms with Crippen molar-refractivity contribution in [3.05, 3.63) is 47.0 Å². The van der Waals surface area contributed by atoms with Gasteiger partial charge in [-0.2, -0.15) is 0 Å². The molecule has 28 heavy (non-hydrogen) atoms. The van der Waals surface area contributed by atoms with Gasteiger partial charge in [-0.3, -0.25) is 9.59 Å². The van der Waals surface area contributed by atoms with Gasteiger partial charge in [0.05, 0.1) is 0 Å². The lowest BCUT2D eigenvalue weighted by molar-refractivity contribution is -0.134. The molecule has 1 aliphatic heterocycles. The van der Waals surface area contributed by atoms with Gasteiger partial charge in [0.15, 0.2) is 23.9 Å². The third kappa shape index (κ3) is 4.40. The van der Waals surface area contributed by atoms with Crippen LogP contribution in [0.15, 0.2) is 36.4 Å². The van der Waals surface area contributed by atoms with E-state index in [1.807, 2.05) is 0 Å². The summed E-state index contributed by atoms with van der Waals surface area (Å²) in [7, 11) is 0. The molecule has 2 aromatic carbocycles. The monoisotopic (exact) mass is 406 g/mol. The van der Waals surface area contributed by atoms with Crippen LogP contribution in [0.2, 0.25) is 5.02 Å². The molecule has 0 unspecified atom stereocenters. The molecule has 1 heterocycles. The normalized spacial score (nSPS) is 14.0. The SMILES string of the molecule is O=C(COc1ccc(Cl)cc1)N1CCN(C(=O)c2cc(O)c(O)c(O)c2)CC1. The number of amides is 2. The Hall–Kier alpha value is -3.13. The van der Waals surface area contributed by atoms with Crippen LogP contribution in [0.1, 0.15) is 10.4 Å². The van der Waals surface area contributed by atoms with Gasteiger partial charge in [0.2, 0.25) is 0 Å². The molecule has 9 heteroatoms. The Morgan fingerprint density at radius 2 is 1.46 bits per heavy atom. The molecular formula is C19H19ClN2O6. The number of piperazine rings is 1. The highest BCUT2D eigenvalue weighted by molar-refractivity contribution is 6.30. The first-order valence-corrected chi connectivity index (χ1v) is 8.93. The summed E-state index contributed by atoms with van der Waals surface area (Å²) in [6.45, 7) is 1.16. The minimum absolute atomic E-state index is 0.0543. The number of hydrogen-bond donors (Lipinski definition) is 3. The standard InChI is InChI=1S/C19H19ClN2O6/c20-13-1-3-14(4-2-13)28-11-17(25)21-5-7-22(8-6-21)19(27)12-9-15(23)18(26)16(24)10-12/h1-4,9-10,23-24,26H,5-8,11H2. The van der Waals surface area contributed by atoms with Crippen LogP contribution in [0.4, 0.5) is 0 Å². The zero-order valence-electron chi connectivity index (χ0n) is 14.8. The lowest BCUT2D eigenvalue weighted by Crippen LogP contribution is -2.51. The number of phenols is 3. The molecule has 1 fully saturated rings. The smallest absolute Gasteiger partial charge is 0.260 e. The molecule has 0 atom stereocenters. The van der Waals surface area contributed by atoms with Crippen molar-refractivity contribution < 1.29 is 29.6 Å². The molecule has 1 aliphatic rings. The lowest BCUT2D eigenvalue weighted by Gasteiger charge is -2.34. The average molecular weight is 407 g/mol. The molecule has 3 N–H and O–H groups in total. The van der Waals surface area contributed by atoms with Crippen molar-refractivity contribution in [1.29, 1.82) is 0 Å². The van der Waals surface area contributed by atoms with Crippen molar-refractivity contribution in [3.8, 4) is 23.0 Å². The van der Waals surface area contributed by atoms with E-state index < -0.39 is 23.2 Å². The molecule has 2 amide bonds. The van der Waals surface area contributed by atoms with Crippen molar-refractivity contribution in [1.82, 2.24) is 9.80 Å². The summed E-state index contributed by atoms with van der Waals surface area (Å²) < 4.78 is 5.45. The zero-order chi connectivity index (χ0) is 20.3. The van der Waals surface area contributed by atoms with Gasteiger partial charge in [-0.05, 0) is 36.4 Å². The molecule has 148 valence electrons. The van der Waals surface area contributed by atoms with Gasteiger partial charge in [0.25, 0.3) is 11.8 Å². The topological polar surface area (TPSA) is 111 Å². The Bertz CT molecular complexity index is 855. The van der Waals surface area contributed by atoms with E-state index in [2.05, 4.69) is 0 Å². The summed E-state index contributed by atoms with van der Waals surface area (Å²) in [5.74, 6) is -1.88.